The molecule has 0 saturated heterocycles. The van der Waals surface area contributed by atoms with Gasteiger partial charge in [-0.3, -0.25) is 4.79 Å². The number of rotatable bonds is 2. The highest BCUT2D eigenvalue weighted by Gasteiger charge is 2.25. The van der Waals surface area contributed by atoms with Crippen LogP contribution in [0.4, 0.5) is 5.82 Å². The maximum atomic E-state index is 11.8. The summed E-state index contributed by atoms with van der Waals surface area (Å²) in [5.74, 6) is -0.0392. The third-order valence-corrected chi connectivity index (χ3v) is 2.96. The lowest BCUT2D eigenvalue weighted by Crippen LogP contribution is -2.45. The van der Waals surface area contributed by atoms with Crippen LogP contribution in [0.5, 0.6) is 0 Å². The van der Waals surface area contributed by atoms with Gasteiger partial charge in [-0.2, -0.15) is 0 Å². The largest absolute Gasteiger partial charge is 0.391 e. The number of amides is 1. The third kappa shape index (κ3) is 2.91. The number of aromatic nitrogens is 2. The standard InChI is InChI=1S/C11H16N4O2/c12-10-6-5-8(14-15-10)11(17)13-7-3-1-2-4-9(7)16/h5-7,9,16H,1-4H2,(H2,12,15)(H,13,17). The summed E-state index contributed by atoms with van der Waals surface area (Å²) in [5, 5.41) is 19.8. The summed E-state index contributed by atoms with van der Waals surface area (Å²) in [4.78, 5) is 11.8. The maximum absolute atomic E-state index is 11.8. The Kier molecular flexibility index (Phi) is 3.53. The predicted molar refractivity (Wildman–Crippen MR) is 62.2 cm³/mol. The first-order valence-corrected chi connectivity index (χ1v) is 5.75. The van der Waals surface area contributed by atoms with Crippen LogP contribution in [0, 0.1) is 0 Å². The molecule has 1 fully saturated rings. The fourth-order valence-electron chi connectivity index (χ4n) is 1.99. The van der Waals surface area contributed by atoms with E-state index in [-0.39, 0.29) is 23.5 Å². The van der Waals surface area contributed by atoms with Crippen molar-refractivity contribution in [3.05, 3.63) is 17.8 Å². The van der Waals surface area contributed by atoms with Crippen molar-refractivity contribution in [3.63, 3.8) is 0 Å². The Morgan fingerprint density at radius 2 is 2.12 bits per heavy atom. The van der Waals surface area contributed by atoms with Crippen LogP contribution < -0.4 is 11.1 Å². The van der Waals surface area contributed by atoms with Crippen molar-refractivity contribution in [1.82, 2.24) is 15.5 Å². The molecule has 6 heteroatoms. The minimum atomic E-state index is -0.463. The van der Waals surface area contributed by atoms with Crippen LogP contribution in [0.1, 0.15) is 36.2 Å². The Labute approximate surface area is 99.2 Å². The smallest absolute Gasteiger partial charge is 0.272 e. The predicted octanol–water partition coefficient (Wildman–Crippen LogP) is 0.0921. The van der Waals surface area contributed by atoms with Crippen molar-refractivity contribution in [1.29, 1.82) is 0 Å². The van der Waals surface area contributed by atoms with Crippen molar-refractivity contribution in [2.75, 3.05) is 5.73 Å². The molecule has 1 amide bonds. The number of carbonyl (C=O) groups excluding carboxylic acids is 1. The van der Waals surface area contributed by atoms with Gasteiger partial charge in [0.05, 0.1) is 12.1 Å². The van der Waals surface area contributed by atoms with Gasteiger partial charge >= 0.3 is 0 Å². The Morgan fingerprint density at radius 3 is 2.76 bits per heavy atom. The lowest BCUT2D eigenvalue weighted by molar-refractivity contribution is 0.0713. The van der Waals surface area contributed by atoms with E-state index in [1.54, 1.807) is 0 Å². The number of nitrogens with zero attached hydrogens (tertiary/aromatic N) is 2. The molecule has 1 heterocycles. The van der Waals surface area contributed by atoms with Crippen molar-refractivity contribution < 1.29 is 9.90 Å². The molecule has 1 saturated carbocycles. The van der Waals surface area contributed by atoms with Gasteiger partial charge in [-0.15, -0.1) is 10.2 Å². The van der Waals surface area contributed by atoms with Gasteiger partial charge in [0, 0.05) is 0 Å². The van der Waals surface area contributed by atoms with E-state index in [9.17, 15) is 9.90 Å². The molecule has 6 nitrogen and oxygen atoms in total. The monoisotopic (exact) mass is 236 g/mol. The fraction of sp³-hybridized carbons (Fsp3) is 0.545. The summed E-state index contributed by atoms with van der Waals surface area (Å²) in [6.07, 6.45) is 3.10. The first-order valence-electron chi connectivity index (χ1n) is 5.75. The molecule has 1 aromatic rings. The Balaban J connectivity index is 1.98. The molecular formula is C11H16N4O2. The minimum Gasteiger partial charge on any atom is -0.391 e. The van der Waals surface area contributed by atoms with Gasteiger partial charge in [0.15, 0.2) is 5.69 Å². The highest BCUT2D eigenvalue weighted by molar-refractivity contribution is 5.92. The molecule has 1 aromatic heterocycles. The summed E-state index contributed by atoms with van der Waals surface area (Å²) in [6.45, 7) is 0. The van der Waals surface area contributed by atoms with Gasteiger partial charge in [-0.1, -0.05) is 12.8 Å². The highest BCUT2D eigenvalue weighted by atomic mass is 16.3. The van der Waals surface area contributed by atoms with Gasteiger partial charge in [0.1, 0.15) is 5.82 Å². The lowest BCUT2D eigenvalue weighted by atomic mass is 9.92. The second-order valence-corrected chi connectivity index (χ2v) is 4.28. The Hall–Kier alpha value is -1.69. The van der Waals surface area contributed by atoms with Crippen LogP contribution >= 0.6 is 0 Å². The van der Waals surface area contributed by atoms with Crippen molar-refractivity contribution in [2.24, 2.45) is 0 Å². The third-order valence-electron chi connectivity index (χ3n) is 2.96. The van der Waals surface area contributed by atoms with E-state index in [0.717, 1.165) is 25.7 Å². The molecule has 0 aromatic carbocycles. The molecule has 2 rings (SSSR count). The molecule has 0 spiro atoms. The number of aliphatic hydroxyl groups excluding tert-OH is 1. The van der Waals surface area contributed by atoms with Crippen LogP contribution in [-0.2, 0) is 0 Å². The number of anilines is 1. The quantitative estimate of drug-likeness (QED) is 0.675. The first kappa shape index (κ1) is 11.8. The van der Waals surface area contributed by atoms with E-state index >= 15 is 0 Å². The van der Waals surface area contributed by atoms with Gasteiger partial charge in [-0.05, 0) is 25.0 Å². The second kappa shape index (κ2) is 5.09. The molecule has 2 unspecified atom stereocenters. The zero-order valence-corrected chi connectivity index (χ0v) is 9.47. The minimum absolute atomic E-state index is 0.185. The maximum Gasteiger partial charge on any atom is 0.272 e. The number of nitrogens with one attached hydrogen (secondary N) is 1. The number of hydrogen-bond donors (Lipinski definition) is 3. The zero-order valence-electron chi connectivity index (χ0n) is 9.47. The summed E-state index contributed by atoms with van der Waals surface area (Å²) in [5.41, 5.74) is 5.61. The summed E-state index contributed by atoms with van der Waals surface area (Å²) >= 11 is 0. The lowest BCUT2D eigenvalue weighted by Gasteiger charge is -2.28. The van der Waals surface area contributed by atoms with Crippen LogP contribution in [0.25, 0.3) is 0 Å². The van der Waals surface area contributed by atoms with Crippen molar-refractivity contribution >= 4 is 11.7 Å². The zero-order chi connectivity index (χ0) is 12.3. The van der Waals surface area contributed by atoms with Gasteiger partial charge in [-0.25, -0.2) is 0 Å². The van der Waals surface area contributed by atoms with Crippen LogP contribution in [0.2, 0.25) is 0 Å². The number of hydrogen-bond acceptors (Lipinski definition) is 5. The van der Waals surface area contributed by atoms with Crippen molar-refractivity contribution in [2.45, 2.75) is 37.8 Å². The second-order valence-electron chi connectivity index (χ2n) is 4.28. The molecule has 1 aliphatic carbocycles. The number of aliphatic hydroxyl groups is 1. The molecule has 2 atom stereocenters. The number of nitrogens with two attached hydrogens (primary N) is 1. The molecule has 0 aliphatic heterocycles. The number of nitrogen functional groups attached to an aromatic ring is 1. The molecule has 4 N–H and O–H groups in total. The normalized spacial score (nSPS) is 24.3. The molecule has 17 heavy (non-hydrogen) atoms. The highest BCUT2D eigenvalue weighted by Crippen LogP contribution is 2.18. The fourth-order valence-corrected chi connectivity index (χ4v) is 1.99. The van der Waals surface area contributed by atoms with Gasteiger partial charge < -0.3 is 16.2 Å². The van der Waals surface area contributed by atoms with Crippen LogP contribution in [-0.4, -0.2) is 33.4 Å². The Morgan fingerprint density at radius 1 is 1.35 bits per heavy atom. The first-order chi connectivity index (χ1) is 8.16. The molecule has 92 valence electrons. The van der Waals surface area contributed by atoms with Crippen LogP contribution in [0.15, 0.2) is 12.1 Å². The number of carbonyl (C=O) groups is 1. The van der Waals surface area contributed by atoms with E-state index in [1.165, 1.54) is 12.1 Å². The van der Waals surface area contributed by atoms with E-state index < -0.39 is 6.10 Å². The van der Waals surface area contributed by atoms with E-state index in [1.807, 2.05) is 0 Å². The average molecular weight is 236 g/mol. The molecular weight excluding hydrogens is 220 g/mol. The van der Waals surface area contributed by atoms with Gasteiger partial charge in [0.25, 0.3) is 5.91 Å². The topological polar surface area (TPSA) is 101 Å². The Bertz CT molecular complexity index is 393. The molecule has 1 aliphatic rings. The molecule has 0 bridgehead atoms. The summed E-state index contributed by atoms with van der Waals surface area (Å²) in [7, 11) is 0. The summed E-state index contributed by atoms with van der Waals surface area (Å²) < 4.78 is 0. The van der Waals surface area contributed by atoms with E-state index in [0.29, 0.717) is 0 Å². The van der Waals surface area contributed by atoms with Crippen molar-refractivity contribution in [3.8, 4) is 0 Å². The van der Waals surface area contributed by atoms with Crippen LogP contribution in [0.3, 0.4) is 0 Å². The van der Waals surface area contributed by atoms with E-state index in [4.69, 9.17) is 5.73 Å². The summed E-state index contributed by atoms with van der Waals surface area (Å²) in [6, 6.07) is 2.86. The average Bonchev–Trinajstić information content (AvgIpc) is 2.33. The van der Waals surface area contributed by atoms with E-state index in [2.05, 4.69) is 15.5 Å². The SMILES string of the molecule is Nc1ccc(C(=O)NC2CCCCC2O)nn1. The van der Waals surface area contributed by atoms with Gasteiger partial charge in [0.2, 0.25) is 0 Å². The molecule has 0 radical (unpaired) electrons.